The van der Waals surface area contributed by atoms with Crippen molar-refractivity contribution >= 4 is 20.9 Å². The molecule has 0 saturated carbocycles. The van der Waals surface area contributed by atoms with Crippen molar-refractivity contribution in [2.45, 2.75) is 11.8 Å². The van der Waals surface area contributed by atoms with Gasteiger partial charge in [-0.15, -0.1) is 0 Å². The summed E-state index contributed by atoms with van der Waals surface area (Å²) in [6.45, 7) is 4.95. The van der Waals surface area contributed by atoms with Crippen LogP contribution in [0.15, 0.2) is 59.7 Å². The predicted octanol–water partition coefficient (Wildman–Crippen LogP) is 0.195. The Morgan fingerprint density at radius 1 is 1.17 bits per heavy atom. The van der Waals surface area contributed by atoms with Gasteiger partial charge in [0.2, 0.25) is 0 Å². The summed E-state index contributed by atoms with van der Waals surface area (Å²) in [6, 6.07) is 12.3. The molecule has 0 aliphatic rings. The molecule has 0 aromatic heterocycles. The summed E-state index contributed by atoms with van der Waals surface area (Å²) in [5.74, 6) is 0.151. The minimum absolute atomic E-state index is 0. The summed E-state index contributed by atoms with van der Waals surface area (Å²) in [4.78, 5) is 0.165. The zero-order valence-electron chi connectivity index (χ0n) is 11.4. The van der Waals surface area contributed by atoms with Crippen LogP contribution in [0.5, 0.6) is 0 Å². The van der Waals surface area contributed by atoms with Crippen molar-refractivity contribution in [2.24, 2.45) is 0 Å². The molecule has 0 atom stereocenters. The van der Waals surface area contributed by atoms with Crippen LogP contribution >= 0.6 is 0 Å². The second-order valence-corrected chi connectivity index (χ2v) is 5.23. The molecule has 5 heteroatoms. The summed E-state index contributed by atoms with van der Waals surface area (Å²) in [6.07, 6.45) is 0. The third-order valence-corrected chi connectivity index (χ3v) is 3.67. The van der Waals surface area contributed by atoms with Gasteiger partial charge in [0.1, 0.15) is 10.7 Å². The van der Waals surface area contributed by atoms with Crippen LogP contribution < -0.4 is 29.6 Å². The van der Waals surface area contributed by atoms with E-state index in [9.17, 15) is 8.42 Å². The van der Waals surface area contributed by atoms with Gasteiger partial charge in [0, 0.05) is 5.39 Å². The minimum Gasteiger partial charge on any atom is -1.00 e. The van der Waals surface area contributed by atoms with E-state index in [-0.39, 0.29) is 41.6 Å². The summed E-state index contributed by atoms with van der Waals surface area (Å²) in [7, 11) is -3.79. The van der Waals surface area contributed by atoms with E-state index >= 15 is 0 Å². The van der Waals surface area contributed by atoms with Gasteiger partial charge in [0.05, 0.1) is 0 Å². The SMILES string of the molecule is C=C(C)OS(=O)(=O)c1cccc2ccccc12.[H-].[Na+]. The molecule has 0 saturated heterocycles. The molecule has 0 unspecified atom stereocenters. The monoisotopic (exact) mass is 272 g/mol. The first kappa shape index (κ1) is 15.2. The normalized spacial score (nSPS) is 10.7. The van der Waals surface area contributed by atoms with Crippen LogP contribution in [-0.2, 0) is 14.3 Å². The van der Waals surface area contributed by atoms with Gasteiger partial charge in [-0.1, -0.05) is 43.0 Å². The first-order valence-corrected chi connectivity index (χ1v) is 6.49. The number of hydrogen-bond donors (Lipinski definition) is 0. The van der Waals surface area contributed by atoms with Crippen molar-refractivity contribution in [1.82, 2.24) is 0 Å². The van der Waals surface area contributed by atoms with Crippen LogP contribution in [0.4, 0.5) is 0 Å². The quantitative estimate of drug-likeness (QED) is 0.455. The molecule has 0 amide bonds. The Bertz CT molecular complexity index is 678. The fourth-order valence-electron chi connectivity index (χ4n) is 1.65. The van der Waals surface area contributed by atoms with E-state index in [0.29, 0.717) is 5.39 Å². The fourth-order valence-corrected chi connectivity index (χ4v) is 2.81. The van der Waals surface area contributed by atoms with Crippen LogP contribution in [0.25, 0.3) is 10.8 Å². The predicted molar refractivity (Wildman–Crippen MR) is 68.1 cm³/mol. The van der Waals surface area contributed by atoms with E-state index in [4.69, 9.17) is 4.18 Å². The maximum Gasteiger partial charge on any atom is 1.00 e. The number of rotatable bonds is 3. The molecule has 2 aromatic rings. The van der Waals surface area contributed by atoms with E-state index in [1.54, 1.807) is 18.2 Å². The molecule has 0 spiro atoms. The zero-order chi connectivity index (χ0) is 12.5. The minimum atomic E-state index is -3.79. The first-order valence-electron chi connectivity index (χ1n) is 5.08. The standard InChI is InChI=1S/C13H12O3S.Na.H/c1-10(2)16-17(14,15)13-9-5-7-11-6-3-4-8-12(11)13;;/h3-9H,1H2,2H3;;/q;+1;-1. The summed E-state index contributed by atoms with van der Waals surface area (Å²) < 4.78 is 28.8. The molecular formula is C13H13NaO3S. The molecule has 90 valence electrons. The van der Waals surface area contributed by atoms with Crippen molar-refractivity contribution in [1.29, 1.82) is 0 Å². The van der Waals surface area contributed by atoms with Crippen molar-refractivity contribution in [2.75, 3.05) is 0 Å². The zero-order valence-corrected chi connectivity index (χ0v) is 13.2. The molecule has 0 fully saturated rings. The van der Waals surface area contributed by atoms with Crippen molar-refractivity contribution in [3.63, 3.8) is 0 Å². The van der Waals surface area contributed by atoms with Gasteiger partial charge >= 0.3 is 39.7 Å². The van der Waals surface area contributed by atoms with Gasteiger partial charge in [0.15, 0.2) is 0 Å². The third-order valence-electron chi connectivity index (χ3n) is 2.27. The van der Waals surface area contributed by atoms with Gasteiger partial charge < -0.3 is 5.61 Å². The molecule has 18 heavy (non-hydrogen) atoms. The molecule has 0 aliphatic heterocycles. The van der Waals surface area contributed by atoms with Crippen LogP contribution in [0.3, 0.4) is 0 Å². The van der Waals surface area contributed by atoms with E-state index in [0.717, 1.165) is 5.39 Å². The number of benzene rings is 2. The molecule has 0 radical (unpaired) electrons. The van der Waals surface area contributed by atoms with Crippen LogP contribution in [0.1, 0.15) is 8.35 Å². The maximum absolute atomic E-state index is 12.0. The average molecular weight is 272 g/mol. The van der Waals surface area contributed by atoms with E-state index in [2.05, 4.69) is 6.58 Å². The Balaban J connectivity index is 0.00000162. The summed E-state index contributed by atoms with van der Waals surface area (Å²) in [5, 5.41) is 1.51. The topological polar surface area (TPSA) is 43.4 Å². The Kier molecular flexibility index (Phi) is 4.99. The van der Waals surface area contributed by atoms with Gasteiger partial charge in [-0.2, -0.15) is 8.42 Å². The Morgan fingerprint density at radius 3 is 2.44 bits per heavy atom. The second kappa shape index (κ2) is 5.89. The Morgan fingerprint density at radius 2 is 1.78 bits per heavy atom. The van der Waals surface area contributed by atoms with Gasteiger partial charge in [-0.05, 0) is 18.4 Å². The summed E-state index contributed by atoms with van der Waals surface area (Å²) >= 11 is 0. The fraction of sp³-hybridized carbons (Fsp3) is 0.0769. The summed E-state index contributed by atoms with van der Waals surface area (Å²) in [5.41, 5.74) is 0. The molecule has 0 N–H and O–H groups in total. The van der Waals surface area contributed by atoms with Crippen LogP contribution in [0, 0.1) is 0 Å². The second-order valence-electron chi connectivity index (χ2n) is 3.72. The van der Waals surface area contributed by atoms with Crippen LogP contribution in [0.2, 0.25) is 0 Å². The number of fused-ring (bicyclic) bond motifs is 1. The van der Waals surface area contributed by atoms with E-state index in [1.165, 1.54) is 13.0 Å². The van der Waals surface area contributed by atoms with E-state index in [1.807, 2.05) is 18.2 Å². The third kappa shape index (κ3) is 3.14. The number of allylic oxidation sites excluding steroid dienone is 1. The van der Waals surface area contributed by atoms with Crippen molar-refractivity contribution < 1.29 is 43.6 Å². The molecule has 0 aliphatic carbocycles. The molecule has 0 bridgehead atoms. The molecular weight excluding hydrogens is 259 g/mol. The first-order chi connectivity index (χ1) is 8.00. The van der Waals surface area contributed by atoms with Crippen molar-refractivity contribution in [3.8, 4) is 0 Å². The Labute approximate surface area is 130 Å². The Hall–Kier alpha value is -0.810. The van der Waals surface area contributed by atoms with Crippen LogP contribution in [-0.4, -0.2) is 8.42 Å². The average Bonchev–Trinajstić information content (AvgIpc) is 2.26. The van der Waals surface area contributed by atoms with E-state index < -0.39 is 10.1 Å². The van der Waals surface area contributed by atoms with Gasteiger partial charge in [-0.3, -0.25) is 0 Å². The van der Waals surface area contributed by atoms with Gasteiger partial charge in [0.25, 0.3) is 0 Å². The smallest absolute Gasteiger partial charge is 1.00 e. The van der Waals surface area contributed by atoms with Crippen molar-refractivity contribution in [3.05, 3.63) is 54.8 Å². The largest absolute Gasteiger partial charge is 1.00 e. The van der Waals surface area contributed by atoms with Gasteiger partial charge in [-0.25, -0.2) is 0 Å². The molecule has 2 aromatic carbocycles. The number of hydrogen-bond acceptors (Lipinski definition) is 3. The molecule has 2 rings (SSSR count). The molecule has 0 heterocycles. The molecule has 3 nitrogen and oxygen atoms in total. The maximum atomic E-state index is 12.0.